The van der Waals surface area contributed by atoms with E-state index in [1.54, 1.807) is 30.5 Å². The molecule has 0 unspecified atom stereocenters. The Hall–Kier alpha value is -4.31. The van der Waals surface area contributed by atoms with Crippen molar-refractivity contribution in [2.75, 3.05) is 28.6 Å². The van der Waals surface area contributed by atoms with Crippen molar-refractivity contribution < 1.29 is 14.3 Å². The number of amides is 1. The van der Waals surface area contributed by atoms with Gasteiger partial charge in [-0.3, -0.25) is 9.59 Å². The summed E-state index contributed by atoms with van der Waals surface area (Å²) in [6.07, 6.45) is 7.22. The van der Waals surface area contributed by atoms with Gasteiger partial charge in [-0.2, -0.15) is 0 Å². The van der Waals surface area contributed by atoms with Gasteiger partial charge in [-0.15, -0.1) is 0 Å². The smallest absolute Gasteiger partial charge is 0.259 e. The number of H-pyrrole nitrogens is 1. The third kappa shape index (κ3) is 5.20. The molecule has 0 atom stereocenters. The average molecular weight is 529 g/mol. The van der Waals surface area contributed by atoms with E-state index in [9.17, 15) is 14.7 Å². The van der Waals surface area contributed by atoms with Crippen LogP contribution in [0.5, 0.6) is 0 Å². The highest BCUT2D eigenvalue weighted by Crippen LogP contribution is 2.32. The normalized spacial score (nSPS) is 16.2. The third-order valence-corrected chi connectivity index (χ3v) is 7.56. The maximum Gasteiger partial charge on any atom is 0.259 e. The van der Waals surface area contributed by atoms with Crippen molar-refractivity contribution in [3.63, 3.8) is 0 Å². The van der Waals surface area contributed by atoms with Crippen LogP contribution in [0.2, 0.25) is 0 Å². The molecular weight excluding hydrogens is 499 g/mol. The lowest BCUT2D eigenvalue weighted by atomic mass is 9.85. The van der Waals surface area contributed by atoms with E-state index in [-0.39, 0.29) is 29.1 Å². The quantitative estimate of drug-likeness (QED) is 0.289. The molecule has 39 heavy (non-hydrogen) atoms. The second-order valence-electron chi connectivity index (χ2n) is 10.2. The number of fused-ring (bicyclic) bond motifs is 1. The number of hydrogen-bond acceptors (Lipinski definition) is 7. The number of aliphatic hydroxyl groups excluding tert-OH is 1. The highest BCUT2D eigenvalue weighted by Gasteiger charge is 2.25. The predicted octanol–water partition coefficient (Wildman–Crippen LogP) is 4.57. The van der Waals surface area contributed by atoms with Crippen LogP contribution < -0.4 is 21.1 Å². The molecule has 10 heteroatoms. The monoisotopic (exact) mass is 528 g/mol. The molecule has 1 amide bonds. The number of nitrogens with one attached hydrogen (secondary N) is 3. The van der Waals surface area contributed by atoms with Crippen molar-refractivity contribution in [2.24, 2.45) is 5.92 Å². The summed E-state index contributed by atoms with van der Waals surface area (Å²) in [5.74, 6) is -0.0958. The van der Waals surface area contributed by atoms with Crippen molar-refractivity contribution in [3.05, 3.63) is 71.0 Å². The first kappa shape index (κ1) is 25.0. The second kappa shape index (κ2) is 10.5. The molecule has 4 N–H and O–H groups in total. The summed E-state index contributed by atoms with van der Waals surface area (Å²) in [5.41, 5.74) is 2.47. The largest absolute Gasteiger partial charge is 0.393 e. The molecule has 2 aliphatic rings. The number of anilines is 4. The van der Waals surface area contributed by atoms with Gasteiger partial charge in [0.25, 0.3) is 5.56 Å². The number of piperidine rings is 1. The van der Waals surface area contributed by atoms with E-state index in [2.05, 4.69) is 30.5 Å². The fourth-order valence-corrected chi connectivity index (χ4v) is 5.05. The number of hydrogen-bond donors (Lipinski definition) is 4. The molecule has 9 nitrogen and oxygen atoms in total. The molecule has 0 radical (unpaired) electrons. The SMILES string of the molecule is O=C(Nc1ccc(-c2cc(Nc3ccc(N4CCC(O)CC4)cn3)c3c(=O)[nH]ccc3n2)c(F)c1)C1CCC1. The molecule has 1 saturated carbocycles. The molecule has 0 bridgehead atoms. The van der Waals surface area contributed by atoms with E-state index >= 15 is 4.39 Å². The van der Waals surface area contributed by atoms with E-state index in [0.717, 1.165) is 50.9 Å². The number of nitrogens with zero attached hydrogens (tertiary/aromatic N) is 3. The Bertz CT molecular complexity index is 1580. The van der Waals surface area contributed by atoms with Gasteiger partial charge in [0, 0.05) is 36.5 Å². The summed E-state index contributed by atoms with van der Waals surface area (Å²) in [4.78, 5) is 38.9. The van der Waals surface area contributed by atoms with Gasteiger partial charge in [-0.25, -0.2) is 14.4 Å². The van der Waals surface area contributed by atoms with Crippen molar-refractivity contribution in [1.29, 1.82) is 0 Å². The van der Waals surface area contributed by atoms with Crippen LogP contribution in [0.25, 0.3) is 22.2 Å². The maximum absolute atomic E-state index is 15.3. The number of carbonyl (C=O) groups is 1. The van der Waals surface area contributed by atoms with E-state index in [1.807, 2.05) is 12.1 Å². The lowest BCUT2D eigenvalue weighted by molar-refractivity contribution is -0.122. The molecular formula is C29H29FN6O3. The molecule has 1 saturated heterocycles. The Morgan fingerprint density at radius 1 is 1.08 bits per heavy atom. The Labute approximate surface area is 224 Å². The fourth-order valence-electron chi connectivity index (χ4n) is 5.05. The van der Waals surface area contributed by atoms with E-state index in [0.29, 0.717) is 33.8 Å². The lowest BCUT2D eigenvalue weighted by Gasteiger charge is -2.31. The topological polar surface area (TPSA) is 123 Å². The number of rotatable bonds is 6. The first-order valence-corrected chi connectivity index (χ1v) is 13.2. The molecule has 1 aliphatic carbocycles. The molecule has 4 aromatic rings. The average Bonchev–Trinajstić information content (AvgIpc) is 2.88. The number of benzene rings is 1. The van der Waals surface area contributed by atoms with Gasteiger partial charge in [-0.1, -0.05) is 6.42 Å². The summed E-state index contributed by atoms with van der Waals surface area (Å²) in [6, 6.07) is 11.6. The Kier molecular flexibility index (Phi) is 6.70. The van der Waals surface area contributed by atoms with Gasteiger partial charge in [0.2, 0.25) is 5.91 Å². The fraction of sp³-hybridized carbons (Fsp3) is 0.310. The minimum Gasteiger partial charge on any atom is -0.393 e. The minimum absolute atomic E-state index is 0.00274. The van der Waals surface area contributed by atoms with Crippen LogP contribution in [0.1, 0.15) is 32.1 Å². The number of pyridine rings is 3. The van der Waals surface area contributed by atoms with E-state index in [4.69, 9.17) is 0 Å². The third-order valence-electron chi connectivity index (χ3n) is 7.56. The van der Waals surface area contributed by atoms with Gasteiger partial charge in [-0.05, 0) is 68.1 Å². The zero-order chi connectivity index (χ0) is 26.9. The standard InChI is InChI=1S/C29H29FN6O3/c30-22-14-18(33-28(38)17-2-1-3-17)4-6-21(22)24-15-25(27-23(34-24)8-11-31-29(27)39)35-26-7-5-19(16-32-26)36-12-9-20(37)10-13-36/h4-8,11,14-17,20,37H,1-3,9-10,12-13H2,(H,31,39)(H,33,38)(H,32,34,35). The van der Waals surface area contributed by atoms with Crippen LogP contribution in [-0.4, -0.2) is 45.2 Å². The molecule has 0 spiro atoms. The van der Waals surface area contributed by atoms with Gasteiger partial charge in [0.15, 0.2) is 0 Å². The van der Waals surface area contributed by atoms with Crippen LogP contribution >= 0.6 is 0 Å². The molecule has 1 aliphatic heterocycles. The molecule has 6 rings (SSSR count). The predicted molar refractivity (Wildman–Crippen MR) is 149 cm³/mol. The minimum atomic E-state index is -0.529. The zero-order valence-electron chi connectivity index (χ0n) is 21.3. The van der Waals surface area contributed by atoms with Crippen LogP contribution in [0.3, 0.4) is 0 Å². The van der Waals surface area contributed by atoms with Crippen LogP contribution in [0, 0.1) is 11.7 Å². The number of aromatic amines is 1. The first-order valence-electron chi connectivity index (χ1n) is 13.2. The highest BCUT2D eigenvalue weighted by molar-refractivity contribution is 5.95. The summed E-state index contributed by atoms with van der Waals surface area (Å²) < 4.78 is 15.3. The summed E-state index contributed by atoms with van der Waals surface area (Å²) in [6.45, 7) is 1.52. The Morgan fingerprint density at radius 2 is 1.90 bits per heavy atom. The van der Waals surface area contributed by atoms with Crippen molar-refractivity contribution in [3.8, 4) is 11.3 Å². The van der Waals surface area contributed by atoms with Crippen LogP contribution in [-0.2, 0) is 4.79 Å². The Balaban J connectivity index is 1.29. The van der Waals surface area contributed by atoms with Gasteiger partial charge in [0.1, 0.15) is 11.6 Å². The summed E-state index contributed by atoms with van der Waals surface area (Å²) >= 11 is 0. The first-order chi connectivity index (χ1) is 18.9. The number of aromatic nitrogens is 3. The lowest BCUT2D eigenvalue weighted by Crippen LogP contribution is -2.35. The molecule has 200 valence electrons. The van der Waals surface area contributed by atoms with Crippen LogP contribution in [0.15, 0.2) is 59.7 Å². The number of carbonyl (C=O) groups excluding carboxylic acids is 1. The highest BCUT2D eigenvalue weighted by atomic mass is 19.1. The molecule has 3 aromatic heterocycles. The van der Waals surface area contributed by atoms with Crippen molar-refractivity contribution in [1.82, 2.24) is 15.0 Å². The summed E-state index contributed by atoms with van der Waals surface area (Å²) in [5, 5.41) is 16.1. The van der Waals surface area contributed by atoms with Crippen molar-refractivity contribution >= 4 is 39.7 Å². The maximum atomic E-state index is 15.3. The molecule has 1 aromatic carbocycles. The number of halogens is 1. The zero-order valence-corrected chi connectivity index (χ0v) is 21.3. The van der Waals surface area contributed by atoms with Crippen LogP contribution in [0.4, 0.5) is 27.3 Å². The van der Waals surface area contributed by atoms with Gasteiger partial charge in [0.05, 0.1) is 40.3 Å². The second-order valence-corrected chi connectivity index (χ2v) is 10.2. The molecule has 4 heterocycles. The van der Waals surface area contributed by atoms with E-state index in [1.165, 1.54) is 12.3 Å². The number of aliphatic hydroxyl groups is 1. The summed E-state index contributed by atoms with van der Waals surface area (Å²) in [7, 11) is 0. The van der Waals surface area contributed by atoms with Crippen molar-refractivity contribution in [2.45, 2.75) is 38.2 Å². The van der Waals surface area contributed by atoms with Gasteiger partial charge >= 0.3 is 0 Å². The van der Waals surface area contributed by atoms with Gasteiger partial charge < -0.3 is 25.6 Å². The molecule has 2 fully saturated rings. The van der Waals surface area contributed by atoms with E-state index < -0.39 is 5.82 Å². The Morgan fingerprint density at radius 3 is 2.59 bits per heavy atom.